The molecule has 2 rings (SSSR count). The van der Waals surface area contributed by atoms with E-state index in [1.54, 1.807) is 18.7 Å². The highest BCUT2D eigenvalue weighted by molar-refractivity contribution is 6.08. The molecule has 2 aliphatic heterocycles. The van der Waals surface area contributed by atoms with E-state index in [-0.39, 0.29) is 18.2 Å². The van der Waals surface area contributed by atoms with Gasteiger partial charge in [-0.05, 0) is 39.5 Å². The molecule has 0 saturated carbocycles. The van der Waals surface area contributed by atoms with E-state index in [1.165, 1.54) is 0 Å². The maximum Gasteiger partial charge on any atom is 0.256 e. The molecule has 2 aliphatic rings. The first-order valence-electron chi connectivity index (χ1n) is 9.63. The third kappa shape index (κ3) is 4.60. The summed E-state index contributed by atoms with van der Waals surface area (Å²) in [7, 11) is 0. The largest absolute Gasteiger partial charge is 0.390 e. The number of aliphatic hydroxyl groups is 1. The molecular weight excluding hydrogens is 318 g/mol. The van der Waals surface area contributed by atoms with Crippen molar-refractivity contribution in [3.63, 3.8) is 0 Å². The Labute approximate surface area is 151 Å². The van der Waals surface area contributed by atoms with E-state index in [0.717, 1.165) is 38.1 Å². The Kier molecular flexibility index (Phi) is 6.25. The first-order chi connectivity index (χ1) is 11.7. The Hall–Kier alpha value is -1.43. The molecule has 1 N–H and O–H groups in total. The van der Waals surface area contributed by atoms with Crippen LogP contribution in [0.1, 0.15) is 72.6 Å². The van der Waals surface area contributed by atoms with Gasteiger partial charge in [-0.3, -0.25) is 19.5 Å². The predicted octanol–water partition coefficient (Wildman–Crippen LogP) is 2.35. The fraction of sp³-hybridized carbons (Fsp3) is 0.842. The van der Waals surface area contributed by atoms with Gasteiger partial charge in [-0.15, -0.1) is 0 Å². The van der Waals surface area contributed by atoms with E-state index in [1.807, 2.05) is 4.90 Å². The Morgan fingerprint density at radius 1 is 1.24 bits per heavy atom. The molecule has 0 aliphatic carbocycles. The number of hydrogen-bond acceptors (Lipinski definition) is 4. The SMILES string of the molecule is CCCCC1=NC2(CCN(C(=O)CC(C)(C)O)CC2)C(=O)N1CCC. The zero-order valence-corrected chi connectivity index (χ0v) is 16.2. The number of piperidine rings is 1. The quantitative estimate of drug-likeness (QED) is 0.765. The summed E-state index contributed by atoms with van der Waals surface area (Å²) in [6, 6.07) is 0. The Balaban J connectivity index is 2.06. The molecule has 6 nitrogen and oxygen atoms in total. The van der Waals surface area contributed by atoms with E-state index >= 15 is 0 Å². The van der Waals surface area contributed by atoms with Gasteiger partial charge in [0.15, 0.2) is 0 Å². The highest BCUT2D eigenvalue weighted by Crippen LogP contribution is 2.35. The molecule has 0 radical (unpaired) electrons. The van der Waals surface area contributed by atoms with Crippen molar-refractivity contribution in [3.05, 3.63) is 0 Å². The summed E-state index contributed by atoms with van der Waals surface area (Å²) >= 11 is 0. The topological polar surface area (TPSA) is 73.2 Å². The Morgan fingerprint density at radius 3 is 2.40 bits per heavy atom. The monoisotopic (exact) mass is 351 g/mol. The number of nitrogens with zero attached hydrogens (tertiary/aromatic N) is 3. The van der Waals surface area contributed by atoms with Crippen LogP contribution in [0.15, 0.2) is 4.99 Å². The van der Waals surface area contributed by atoms with Crippen molar-refractivity contribution in [1.29, 1.82) is 0 Å². The smallest absolute Gasteiger partial charge is 0.256 e. The molecule has 25 heavy (non-hydrogen) atoms. The predicted molar refractivity (Wildman–Crippen MR) is 98.4 cm³/mol. The zero-order chi connectivity index (χ0) is 18.7. The van der Waals surface area contributed by atoms with Gasteiger partial charge in [0.05, 0.1) is 12.0 Å². The van der Waals surface area contributed by atoms with Gasteiger partial charge >= 0.3 is 0 Å². The number of unbranched alkanes of at least 4 members (excludes halogenated alkanes) is 1. The molecule has 142 valence electrons. The molecule has 0 unspecified atom stereocenters. The summed E-state index contributed by atoms with van der Waals surface area (Å²) < 4.78 is 0. The maximum atomic E-state index is 13.0. The average Bonchev–Trinajstić information content (AvgIpc) is 2.78. The van der Waals surface area contributed by atoms with Crippen molar-refractivity contribution in [3.8, 4) is 0 Å². The van der Waals surface area contributed by atoms with Gasteiger partial charge in [0.25, 0.3) is 5.91 Å². The molecule has 2 heterocycles. The van der Waals surface area contributed by atoms with Gasteiger partial charge in [0, 0.05) is 26.1 Å². The second-order valence-corrected chi connectivity index (χ2v) is 7.99. The molecule has 0 aromatic carbocycles. The number of amides is 2. The number of amidine groups is 1. The van der Waals surface area contributed by atoms with Gasteiger partial charge < -0.3 is 10.0 Å². The minimum atomic E-state index is -1.00. The van der Waals surface area contributed by atoms with Crippen molar-refractivity contribution < 1.29 is 14.7 Å². The lowest BCUT2D eigenvalue weighted by Gasteiger charge is -2.37. The van der Waals surface area contributed by atoms with Crippen LogP contribution >= 0.6 is 0 Å². The lowest BCUT2D eigenvalue weighted by atomic mass is 9.87. The molecule has 0 atom stereocenters. The van der Waals surface area contributed by atoms with Crippen molar-refractivity contribution in [2.24, 2.45) is 4.99 Å². The zero-order valence-electron chi connectivity index (χ0n) is 16.2. The third-order valence-corrected chi connectivity index (χ3v) is 5.03. The van der Waals surface area contributed by atoms with Gasteiger partial charge in [-0.2, -0.15) is 0 Å². The Bertz CT molecular complexity index is 529. The van der Waals surface area contributed by atoms with Crippen LogP contribution in [0, 0.1) is 0 Å². The van der Waals surface area contributed by atoms with Gasteiger partial charge in [-0.1, -0.05) is 20.3 Å². The van der Waals surface area contributed by atoms with Crippen LogP contribution in [-0.2, 0) is 9.59 Å². The van der Waals surface area contributed by atoms with Gasteiger partial charge in [0.1, 0.15) is 11.4 Å². The molecule has 1 fully saturated rings. The van der Waals surface area contributed by atoms with E-state index in [0.29, 0.717) is 25.9 Å². The van der Waals surface area contributed by atoms with Gasteiger partial charge in [0.2, 0.25) is 5.91 Å². The van der Waals surface area contributed by atoms with Crippen molar-refractivity contribution >= 4 is 17.6 Å². The average molecular weight is 351 g/mol. The number of rotatable bonds is 7. The first kappa shape index (κ1) is 19.9. The summed E-state index contributed by atoms with van der Waals surface area (Å²) in [6.07, 6.45) is 5.17. The molecule has 2 amide bonds. The minimum absolute atomic E-state index is 0.0478. The molecule has 1 spiro atoms. The summed E-state index contributed by atoms with van der Waals surface area (Å²) in [5.41, 5.74) is -1.66. The molecule has 6 heteroatoms. The maximum absolute atomic E-state index is 13.0. The molecule has 0 aromatic rings. The highest BCUT2D eigenvalue weighted by Gasteiger charge is 2.49. The van der Waals surface area contributed by atoms with Crippen LogP contribution in [0.2, 0.25) is 0 Å². The number of hydrogen-bond donors (Lipinski definition) is 1. The summed E-state index contributed by atoms with van der Waals surface area (Å²) in [4.78, 5) is 33.8. The van der Waals surface area contributed by atoms with Crippen LogP contribution in [0.5, 0.6) is 0 Å². The Morgan fingerprint density at radius 2 is 1.88 bits per heavy atom. The van der Waals surface area contributed by atoms with Crippen molar-refractivity contribution in [2.75, 3.05) is 19.6 Å². The van der Waals surface area contributed by atoms with Crippen molar-refractivity contribution in [1.82, 2.24) is 9.80 Å². The van der Waals surface area contributed by atoms with Crippen LogP contribution < -0.4 is 0 Å². The second kappa shape index (κ2) is 7.85. The fourth-order valence-corrected chi connectivity index (χ4v) is 3.64. The van der Waals surface area contributed by atoms with E-state index in [4.69, 9.17) is 4.99 Å². The number of likely N-dealkylation sites (tertiary alicyclic amines) is 1. The van der Waals surface area contributed by atoms with E-state index in [9.17, 15) is 14.7 Å². The number of aliphatic imine (C=N–C) groups is 1. The normalized spacial score (nSPS) is 20.4. The first-order valence-corrected chi connectivity index (χ1v) is 9.63. The van der Waals surface area contributed by atoms with Gasteiger partial charge in [-0.25, -0.2) is 0 Å². The second-order valence-electron chi connectivity index (χ2n) is 7.99. The number of carbonyl (C=O) groups excluding carboxylic acids is 2. The summed E-state index contributed by atoms with van der Waals surface area (Å²) in [6.45, 7) is 9.30. The van der Waals surface area contributed by atoms with E-state index < -0.39 is 11.1 Å². The van der Waals surface area contributed by atoms with Crippen LogP contribution in [0.4, 0.5) is 0 Å². The minimum Gasteiger partial charge on any atom is -0.390 e. The van der Waals surface area contributed by atoms with Crippen LogP contribution in [-0.4, -0.2) is 63.3 Å². The standard InChI is InChI=1S/C19H33N3O3/c1-5-7-8-15-20-19(17(24)22(15)11-6-2)9-12-21(13-10-19)16(23)14-18(3,4)25/h25H,5-14H2,1-4H3. The summed E-state index contributed by atoms with van der Waals surface area (Å²) in [5.74, 6) is 1.01. The third-order valence-electron chi connectivity index (χ3n) is 5.03. The van der Waals surface area contributed by atoms with Crippen molar-refractivity contribution in [2.45, 2.75) is 83.8 Å². The van der Waals surface area contributed by atoms with Crippen LogP contribution in [0.25, 0.3) is 0 Å². The number of carbonyl (C=O) groups is 2. The molecule has 0 aromatic heterocycles. The lowest BCUT2D eigenvalue weighted by molar-refractivity contribution is -0.140. The fourth-order valence-electron chi connectivity index (χ4n) is 3.64. The summed E-state index contributed by atoms with van der Waals surface area (Å²) in [5, 5.41) is 9.85. The lowest BCUT2D eigenvalue weighted by Crippen LogP contribution is -2.52. The van der Waals surface area contributed by atoms with E-state index in [2.05, 4.69) is 13.8 Å². The highest BCUT2D eigenvalue weighted by atomic mass is 16.3. The molecule has 1 saturated heterocycles. The molecular formula is C19H33N3O3. The van der Waals surface area contributed by atoms with Crippen LogP contribution in [0.3, 0.4) is 0 Å². The molecule has 0 bridgehead atoms.